The molecular weight excluding hydrogens is 570 g/mol. The van der Waals surface area contributed by atoms with Crippen LogP contribution in [0.1, 0.15) is 34.7 Å². The third kappa shape index (κ3) is 6.33. The smallest absolute Gasteiger partial charge is 0.335 e. The molecule has 2 aliphatic heterocycles. The number of alkyl halides is 1. The quantitative estimate of drug-likeness (QED) is 0.263. The van der Waals surface area contributed by atoms with Gasteiger partial charge in [0.25, 0.3) is 0 Å². The minimum Gasteiger partial charge on any atom is -0.484 e. The Balaban J connectivity index is 1.09. The number of hydrogen-bond acceptors (Lipinski definition) is 7. The summed E-state index contributed by atoms with van der Waals surface area (Å²) in [5.41, 5.74) is 2.12. The molecule has 9 nitrogen and oxygen atoms in total. The van der Waals surface area contributed by atoms with Crippen LogP contribution in [-0.2, 0) is 24.4 Å². The number of ether oxygens (including phenoxy) is 3. The molecule has 2 aromatic heterocycles. The zero-order chi connectivity index (χ0) is 29.2. The molecule has 2 unspecified atom stereocenters. The number of carboxylic acid groups (broad SMARTS) is 1. The molecule has 2 saturated heterocycles. The largest absolute Gasteiger partial charge is 0.484 e. The first-order valence-electron chi connectivity index (χ1n) is 13.7. The normalized spacial score (nSPS) is 20.8. The number of rotatable bonds is 10. The van der Waals surface area contributed by atoms with E-state index in [-0.39, 0.29) is 41.5 Å². The Hall–Kier alpha value is -3.80. The maximum Gasteiger partial charge on any atom is 0.335 e. The minimum atomic E-state index is -1.27. The van der Waals surface area contributed by atoms with Gasteiger partial charge in [-0.25, -0.2) is 23.5 Å². The molecule has 0 amide bonds. The number of carboxylic acids is 1. The van der Waals surface area contributed by atoms with Gasteiger partial charge in [0, 0.05) is 37.2 Å². The number of carbonyl (C=O) groups is 1. The fourth-order valence-electron chi connectivity index (χ4n) is 5.19. The van der Waals surface area contributed by atoms with Crippen LogP contribution in [0.15, 0.2) is 54.6 Å². The van der Waals surface area contributed by atoms with E-state index < -0.39 is 24.1 Å². The molecule has 42 heavy (non-hydrogen) atoms. The van der Waals surface area contributed by atoms with Crippen molar-refractivity contribution >= 4 is 28.6 Å². The molecule has 6 rings (SSSR count). The van der Waals surface area contributed by atoms with Crippen LogP contribution in [0.25, 0.3) is 11.0 Å². The van der Waals surface area contributed by atoms with Gasteiger partial charge in [0.05, 0.1) is 41.5 Å². The van der Waals surface area contributed by atoms with Crippen LogP contribution >= 0.6 is 11.6 Å². The first kappa shape index (κ1) is 28.3. The number of piperidine rings is 1. The van der Waals surface area contributed by atoms with E-state index in [2.05, 4.69) is 4.98 Å². The number of likely N-dealkylation sites (tertiary alicyclic amines) is 1. The van der Waals surface area contributed by atoms with E-state index in [9.17, 15) is 14.3 Å². The standard InChI is InChI=1S/C30H29ClF2N4O5/c31-19-5-7-26(22(32)13-19)41-17-20-2-1-3-29(34-20)42-27-8-10-36(15-23(27)33)16-28-35-24-6-4-18(30(38)39)12-25(24)37(28)14-21-9-11-40-21/h1-7,12-13,21,23,27H,8-11,14-17H2,(H,38,39)/t21-,23?,27?/m0/s1. The SMILES string of the molecule is O=C(O)c1ccc2nc(CN3CCC(Oc4cccc(COc5ccc(Cl)cc5F)n4)C(F)C3)n(C[C@@H]3CCO3)c2c1. The van der Waals surface area contributed by atoms with Gasteiger partial charge in [0.2, 0.25) is 5.88 Å². The molecule has 2 aromatic carbocycles. The van der Waals surface area contributed by atoms with Crippen LogP contribution in [-0.4, -0.2) is 68.6 Å². The Morgan fingerprint density at radius 3 is 2.74 bits per heavy atom. The predicted molar refractivity (Wildman–Crippen MR) is 150 cm³/mol. The molecule has 0 bridgehead atoms. The van der Waals surface area contributed by atoms with Gasteiger partial charge in [-0.3, -0.25) is 4.90 Å². The summed E-state index contributed by atoms with van der Waals surface area (Å²) < 4.78 is 48.5. The third-order valence-electron chi connectivity index (χ3n) is 7.51. The number of imidazole rings is 1. The number of halogens is 3. The molecule has 2 aliphatic rings. The summed E-state index contributed by atoms with van der Waals surface area (Å²) in [6.07, 6.45) is -0.545. The lowest BCUT2D eigenvalue weighted by Gasteiger charge is -2.34. The van der Waals surface area contributed by atoms with Crippen molar-refractivity contribution in [2.24, 2.45) is 0 Å². The van der Waals surface area contributed by atoms with Gasteiger partial charge in [-0.15, -0.1) is 0 Å². The van der Waals surface area contributed by atoms with Gasteiger partial charge < -0.3 is 23.9 Å². The van der Waals surface area contributed by atoms with Crippen LogP contribution in [0.5, 0.6) is 11.6 Å². The van der Waals surface area contributed by atoms with E-state index in [0.717, 1.165) is 17.8 Å². The van der Waals surface area contributed by atoms with Crippen molar-refractivity contribution in [1.29, 1.82) is 0 Å². The van der Waals surface area contributed by atoms with E-state index in [1.54, 1.807) is 30.3 Å². The summed E-state index contributed by atoms with van der Waals surface area (Å²) in [7, 11) is 0. The lowest BCUT2D eigenvalue weighted by molar-refractivity contribution is -0.0593. The number of fused-ring (bicyclic) bond motifs is 1. The zero-order valence-corrected chi connectivity index (χ0v) is 23.3. The number of hydrogen-bond donors (Lipinski definition) is 1. The summed E-state index contributed by atoms with van der Waals surface area (Å²) in [5.74, 6) is -0.512. The maximum atomic E-state index is 15.4. The molecule has 2 fully saturated rings. The monoisotopic (exact) mass is 598 g/mol. The van der Waals surface area contributed by atoms with Crippen LogP contribution in [0.2, 0.25) is 5.02 Å². The molecular formula is C30H29ClF2N4O5. The molecule has 1 N–H and O–H groups in total. The van der Waals surface area contributed by atoms with Crippen molar-refractivity contribution in [3.05, 3.63) is 82.5 Å². The van der Waals surface area contributed by atoms with E-state index >= 15 is 4.39 Å². The second kappa shape index (κ2) is 12.2. The summed E-state index contributed by atoms with van der Waals surface area (Å²) in [4.78, 5) is 22.7. The van der Waals surface area contributed by atoms with Crippen molar-refractivity contribution < 1.29 is 32.9 Å². The van der Waals surface area contributed by atoms with Gasteiger partial charge in [0.15, 0.2) is 11.6 Å². The summed E-state index contributed by atoms with van der Waals surface area (Å²) in [6.45, 7) is 2.40. The van der Waals surface area contributed by atoms with Crippen molar-refractivity contribution in [2.45, 2.75) is 50.9 Å². The number of nitrogens with zero attached hydrogens (tertiary/aromatic N) is 4. The van der Waals surface area contributed by atoms with Crippen molar-refractivity contribution in [3.63, 3.8) is 0 Å². The number of pyridine rings is 1. The molecule has 4 aromatic rings. The molecule has 4 heterocycles. The Morgan fingerprint density at radius 1 is 1.14 bits per heavy atom. The van der Waals surface area contributed by atoms with Crippen LogP contribution < -0.4 is 9.47 Å². The average Bonchev–Trinajstić information content (AvgIpc) is 3.27. The summed E-state index contributed by atoms with van der Waals surface area (Å²) in [5, 5.41) is 9.74. The molecule has 0 saturated carbocycles. The van der Waals surface area contributed by atoms with Crippen molar-refractivity contribution in [3.8, 4) is 11.6 Å². The first-order chi connectivity index (χ1) is 20.3. The Bertz CT molecular complexity index is 1600. The first-order valence-corrected chi connectivity index (χ1v) is 14.1. The van der Waals surface area contributed by atoms with E-state index in [1.165, 1.54) is 24.3 Å². The van der Waals surface area contributed by atoms with E-state index in [0.29, 0.717) is 43.9 Å². The predicted octanol–water partition coefficient (Wildman–Crippen LogP) is 5.28. The van der Waals surface area contributed by atoms with Gasteiger partial charge >= 0.3 is 5.97 Å². The topological polar surface area (TPSA) is 98.9 Å². The number of benzene rings is 2. The highest BCUT2D eigenvalue weighted by atomic mass is 35.5. The number of aromatic nitrogens is 3. The maximum absolute atomic E-state index is 15.4. The highest BCUT2D eigenvalue weighted by Gasteiger charge is 2.32. The molecule has 0 spiro atoms. The summed E-state index contributed by atoms with van der Waals surface area (Å²) >= 11 is 5.79. The van der Waals surface area contributed by atoms with Crippen LogP contribution in [0, 0.1) is 5.82 Å². The Morgan fingerprint density at radius 2 is 2.00 bits per heavy atom. The van der Waals surface area contributed by atoms with E-state index in [1.807, 2.05) is 9.47 Å². The van der Waals surface area contributed by atoms with Crippen LogP contribution in [0.3, 0.4) is 0 Å². The Labute approximate surface area is 245 Å². The fraction of sp³-hybridized carbons (Fsp3) is 0.367. The van der Waals surface area contributed by atoms with Gasteiger partial charge in [0.1, 0.15) is 24.7 Å². The van der Waals surface area contributed by atoms with Crippen LogP contribution in [0.4, 0.5) is 8.78 Å². The number of aromatic carboxylic acids is 1. The second-order valence-corrected chi connectivity index (χ2v) is 10.9. The molecule has 220 valence electrons. The minimum absolute atomic E-state index is 0.00804. The molecule has 0 radical (unpaired) electrons. The molecule has 0 aliphatic carbocycles. The van der Waals surface area contributed by atoms with Gasteiger partial charge in [-0.2, -0.15) is 0 Å². The van der Waals surface area contributed by atoms with E-state index in [4.69, 9.17) is 30.8 Å². The summed E-state index contributed by atoms with van der Waals surface area (Å²) in [6, 6.07) is 14.1. The highest BCUT2D eigenvalue weighted by Crippen LogP contribution is 2.26. The molecule has 12 heteroatoms. The zero-order valence-electron chi connectivity index (χ0n) is 22.6. The van der Waals surface area contributed by atoms with Crippen molar-refractivity contribution in [1.82, 2.24) is 19.4 Å². The third-order valence-corrected chi connectivity index (χ3v) is 7.74. The highest BCUT2D eigenvalue weighted by molar-refractivity contribution is 6.30. The molecule has 3 atom stereocenters. The lowest BCUT2D eigenvalue weighted by Crippen LogP contribution is -2.47. The second-order valence-electron chi connectivity index (χ2n) is 10.5. The van der Waals surface area contributed by atoms with Gasteiger partial charge in [-0.05, 0) is 48.9 Å². The van der Waals surface area contributed by atoms with Crippen molar-refractivity contribution in [2.75, 3.05) is 19.7 Å². The fourth-order valence-corrected chi connectivity index (χ4v) is 5.35. The lowest BCUT2D eigenvalue weighted by atomic mass is 10.1. The average molecular weight is 599 g/mol. The van der Waals surface area contributed by atoms with Gasteiger partial charge in [-0.1, -0.05) is 17.7 Å². The Kier molecular flexibility index (Phi) is 8.23.